The highest BCUT2D eigenvalue weighted by molar-refractivity contribution is 8.16. The molecule has 50 heavy (non-hydrogen) atoms. The van der Waals surface area contributed by atoms with Crippen molar-refractivity contribution in [3.63, 3.8) is 0 Å². The summed E-state index contributed by atoms with van der Waals surface area (Å²) in [5.41, 5.74) is -0.505. The molecule has 2 aliphatic carbocycles. The average molecular weight is 740 g/mol. The summed E-state index contributed by atoms with van der Waals surface area (Å²) in [5, 5.41) is 14.2. The molecule has 0 radical (unpaired) electrons. The summed E-state index contributed by atoms with van der Waals surface area (Å²) in [6.45, 7) is 21.6. The zero-order chi connectivity index (χ0) is 37.6. The summed E-state index contributed by atoms with van der Waals surface area (Å²) >= 11 is 5.71. The molecule has 0 spiro atoms. The molecule has 4 N–H and O–H groups in total. The van der Waals surface area contributed by atoms with Gasteiger partial charge in [0, 0.05) is 29.5 Å². The third-order valence-corrected chi connectivity index (χ3v) is 14.9. The number of fused-ring (bicyclic) bond motifs is 1. The Bertz CT molecular complexity index is 1270. The Labute approximate surface area is 309 Å². The number of hydrogen-bond acceptors (Lipinski definition) is 5. The smallest absolute Gasteiger partial charge is 0.315 e. The number of piperidine rings is 1. The lowest BCUT2D eigenvalue weighted by Crippen LogP contribution is -2.62. The number of carbonyl (C=O) groups excluding carboxylic acids is 5. The van der Waals surface area contributed by atoms with Crippen LogP contribution < -0.4 is 21.3 Å². The van der Waals surface area contributed by atoms with Crippen molar-refractivity contribution in [3.8, 4) is 0 Å². The van der Waals surface area contributed by atoms with E-state index in [1.807, 2.05) is 27.7 Å². The fourth-order valence-electron chi connectivity index (χ4n) is 8.04. The maximum atomic E-state index is 14.6. The zero-order valence-corrected chi connectivity index (χ0v) is 34.0. The predicted molar refractivity (Wildman–Crippen MR) is 206 cm³/mol. The van der Waals surface area contributed by atoms with Gasteiger partial charge in [-0.15, -0.1) is 11.6 Å². The molecule has 1 saturated heterocycles. The van der Waals surface area contributed by atoms with Crippen LogP contribution in [0.3, 0.4) is 0 Å². The second-order valence-corrected chi connectivity index (χ2v) is 20.1. The molecule has 3 fully saturated rings. The minimum Gasteiger partial charge on any atom is -0.348 e. The van der Waals surface area contributed by atoms with Gasteiger partial charge in [0.15, 0.2) is 0 Å². The standard InChI is InChI=1S/C38H66ClN5O5S/c1-11-13-17-27(31(45)33(47)40-21-20-39)41-32(46)30-28-26(37(28,9)10)22-44(30)34(48)29(25(5)24(3)4)42-35(49)43-38(18-15-14-16-19-38)23-50(12-2)36(6,7)8/h12,24-30H,11,13-23H2,1-10H3,(H,40,47)(H,41,46)(H2,42,43,49)/t25?,26?,27?,28?,29-,30-,50?/m0/s1. The van der Waals surface area contributed by atoms with Gasteiger partial charge in [0.1, 0.15) is 12.1 Å². The van der Waals surface area contributed by atoms with E-state index < -0.39 is 35.7 Å². The molecule has 3 rings (SSSR count). The molecule has 3 aliphatic rings. The molecular weight excluding hydrogens is 674 g/mol. The van der Waals surface area contributed by atoms with Crippen LogP contribution in [0.25, 0.3) is 0 Å². The molecule has 2 saturated carbocycles. The van der Waals surface area contributed by atoms with Gasteiger partial charge in [-0.1, -0.05) is 99.8 Å². The summed E-state index contributed by atoms with van der Waals surface area (Å²) in [7, 11) is -0.0163. The lowest BCUT2D eigenvalue weighted by molar-refractivity contribution is -0.144. The van der Waals surface area contributed by atoms with E-state index in [2.05, 4.69) is 68.2 Å². The van der Waals surface area contributed by atoms with Crippen molar-refractivity contribution in [3.05, 3.63) is 0 Å². The van der Waals surface area contributed by atoms with Crippen LogP contribution in [0.2, 0.25) is 0 Å². The maximum Gasteiger partial charge on any atom is 0.315 e. The average Bonchev–Trinajstić information content (AvgIpc) is 3.36. The van der Waals surface area contributed by atoms with Gasteiger partial charge in [0.25, 0.3) is 5.91 Å². The molecule has 0 aromatic rings. The van der Waals surface area contributed by atoms with Gasteiger partial charge in [-0.2, -0.15) is 10.5 Å². The first-order chi connectivity index (χ1) is 23.3. The molecular formula is C38H66ClN5O5S. The van der Waals surface area contributed by atoms with E-state index in [1.165, 1.54) is 0 Å². The lowest BCUT2D eigenvalue weighted by atomic mass is 9.83. The number of carbonyl (C=O) groups is 5. The van der Waals surface area contributed by atoms with Crippen molar-refractivity contribution in [2.75, 3.05) is 24.7 Å². The molecule has 5 unspecified atom stereocenters. The number of nitrogens with zero attached hydrogens (tertiary/aromatic N) is 1. The molecule has 1 heterocycles. The SMILES string of the molecule is C/C=S(/CC1(NC(=O)N[C@H](C(=O)N2CC3C([C@H]2C(=O)NC(CCCC)C(=O)C(=O)NCCCl)C3(C)C)C(C)C(C)C)CCCCC1)C(C)(C)C. The molecule has 0 bridgehead atoms. The van der Waals surface area contributed by atoms with Crippen molar-refractivity contribution < 1.29 is 24.0 Å². The largest absolute Gasteiger partial charge is 0.348 e. The second kappa shape index (κ2) is 17.6. The Balaban J connectivity index is 1.87. The monoisotopic (exact) mass is 739 g/mol. The highest BCUT2D eigenvalue weighted by Gasteiger charge is 2.69. The van der Waals surface area contributed by atoms with E-state index in [9.17, 15) is 24.0 Å². The quantitative estimate of drug-likeness (QED) is 0.0926. The molecule has 0 aromatic heterocycles. The Morgan fingerprint density at radius 2 is 1.66 bits per heavy atom. The van der Waals surface area contributed by atoms with Gasteiger partial charge in [0.05, 0.1) is 11.6 Å². The highest BCUT2D eigenvalue weighted by Crippen LogP contribution is 2.65. The molecule has 0 aromatic carbocycles. The maximum absolute atomic E-state index is 14.6. The van der Waals surface area contributed by atoms with E-state index in [4.69, 9.17) is 11.6 Å². The summed E-state index contributed by atoms with van der Waals surface area (Å²) < 4.78 is 0.0795. The molecule has 5 amide bonds. The molecule has 7 atom stereocenters. The third kappa shape index (κ3) is 10.0. The number of nitrogens with one attached hydrogen (secondary N) is 4. The molecule has 10 nitrogen and oxygen atoms in total. The van der Waals surface area contributed by atoms with Crippen molar-refractivity contribution in [1.29, 1.82) is 0 Å². The summed E-state index contributed by atoms with van der Waals surface area (Å²) in [6, 6.07) is -3.00. The predicted octanol–water partition coefficient (Wildman–Crippen LogP) is 5.62. The van der Waals surface area contributed by atoms with E-state index >= 15 is 0 Å². The van der Waals surface area contributed by atoms with Gasteiger partial charge < -0.3 is 26.2 Å². The van der Waals surface area contributed by atoms with Crippen LogP contribution in [0.15, 0.2) is 0 Å². The minimum atomic E-state index is -1.00. The third-order valence-electron chi connectivity index (χ3n) is 11.7. The van der Waals surface area contributed by atoms with Gasteiger partial charge >= 0.3 is 6.03 Å². The number of urea groups is 1. The van der Waals surface area contributed by atoms with Crippen molar-refractivity contribution in [2.24, 2.45) is 29.1 Å². The van der Waals surface area contributed by atoms with Crippen LogP contribution in [0.5, 0.6) is 0 Å². The number of Topliss-reactive ketones (excluding diaryl/α,β-unsaturated/α-hetero) is 1. The van der Waals surface area contributed by atoms with E-state index in [1.54, 1.807) is 4.90 Å². The van der Waals surface area contributed by atoms with E-state index in [-0.39, 0.29) is 74.2 Å². The minimum absolute atomic E-state index is 0.0163. The number of likely N-dealkylation sites (tertiary alicyclic amines) is 1. The number of rotatable bonds is 16. The number of alkyl halides is 1. The topological polar surface area (TPSA) is 137 Å². The van der Waals surface area contributed by atoms with Gasteiger partial charge in [-0.05, 0) is 55.3 Å². The van der Waals surface area contributed by atoms with Crippen LogP contribution in [0.4, 0.5) is 4.79 Å². The van der Waals surface area contributed by atoms with Crippen LogP contribution in [-0.4, -0.2) is 92.9 Å². The number of ketones is 1. The van der Waals surface area contributed by atoms with Crippen LogP contribution in [0.1, 0.15) is 121 Å². The van der Waals surface area contributed by atoms with Crippen molar-refractivity contribution in [1.82, 2.24) is 26.2 Å². The normalized spacial score (nSPS) is 24.8. The Morgan fingerprint density at radius 1 is 1.02 bits per heavy atom. The fourth-order valence-corrected chi connectivity index (χ4v) is 10.4. The lowest BCUT2D eigenvalue weighted by Gasteiger charge is -2.42. The second-order valence-electron chi connectivity index (χ2n) is 16.8. The van der Waals surface area contributed by atoms with Gasteiger partial charge in [-0.25, -0.2) is 4.79 Å². The summed E-state index contributed by atoms with van der Waals surface area (Å²) in [6.07, 6.45) is 6.80. The van der Waals surface area contributed by atoms with Crippen LogP contribution in [0, 0.1) is 29.1 Å². The number of halogens is 1. The zero-order valence-electron chi connectivity index (χ0n) is 32.4. The van der Waals surface area contributed by atoms with E-state index in [0.29, 0.717) is 19.4 Å². The molecule has 286 valence electrons. The summed E-state index contributed by atoms with van der Waals surface area (Å²) in [4.78, 5) is 70.1. The van der Waals surface area contributed by atoms with Crippen LogP contribution in [-0.2, 0) is 19.2 Å². The number of hydrogen-bond donors (Lipinski definition) is 4. The van der Waals surface area contributed by atoms with Crippen molar-refractivity contribution in [2.45, 2.75) is 149 Å². The van der Waals surface area contributed by atoms with Crippen LogP contribution >= 0.6 is 22.1 Å². The fraction of sp³-hybridized carbons (Fsp3) is 0.842. The van der Waals surface area contributed by atoms with Crippen molar-refractivity contribution >= 4 is 57.0 Å². The molecule has 12 heteroatoms. The summed E-state index contributed by atoms with van der Waals surface area (Å²) in [5.74, 6) is -1.26. The first kappa shape index (κ1) is 42.3. The Morgan fingerprint density at radius 3 is 2.20 bits per heavy atom. The molecule has 1 aliphatic heterocycles. The first-order valence-corrected chi connectivity index (χ1v) is 20.9. The Kier molecular flexibility index (Phi) is 14.9. The van der Waals surface area contributed by atoms with Gasteiger partial charge in [0.2, 0.25) is 17.6 Å². The number of amides is 5. The number of unbranched alkanes of at least 4 members (excludes halogenated alkanes) is 1. The van der Waals surface area contributed by atoms with Gasteiger partial charge in [-0.3, -0.25) is 19.2 Å². The highest BCUT2D eigenvalue weighted by atomic mass is 35.5. The Hall–Kier alpha value is -2.14. The first-order valence-electron chi connectivity index (χ1n) is 18.9. The van der Waals surface area contributed by atoms with E-state index in [0.717, 1.165) is 44.3 Å².